The van der Waals surface area contributed by atoms with E-state index in [1.807, 2.05) is 0 Å². The smallest absolute Gasteiger partial charge is 0.418 e. The molecule has 18 heavy (non-hydrogen) atoms. The van der Waals surface area contributed by atoms with Crippen molar-refractivity contribution in [3.05, 3.63) is 23.0 Å². The number of carbonyl (C=O) groups is 2. The normalized spacial score (nSPS) is 11.2. The van der Waals surface area contributed by atoms with E-state index in [1.54, 1.807) is 40.7 Å². The summed E-state index contributed by atoms with van der Waals surface area (Å²) in [6, 6.07) is 1.62. The van der Waals surface area contributed by atoms with Crippen molar-refractivity contribution in [2.75, 3.05) is 7.11 Å². The van der Waals surface area contributed by atoms with Crippen molar-refractivity contribution in [1.82, 2.24) is 4.57 Å². The topological polar surface area (TPSA) is 57.5 Å². The summed E-state index contributed by atoms with van der Waals surface area (Å²) in [6.07, 6.45) is -0.493. The summed E-state index contributed by atoms with van der Waals surface area (Å²) in [5.74, 6) is -0.460. The minimum Gasteiger partial charge on any atom is -0.465 e. The Morgan fingerprint density at radius 1 is 1.22 bits per heavy atom. The second kappa shape index (κ2) is 4.84. The monoisotopic (exact) mass is 253 g/mol. The van der Waals surface area contributed by atoms with Gasteiger partial charge in [0.05, 0.1) is 12.7 Å². The summed E-state index contributed by atoms with van der Waals surface area (Å²) >= 11 is 0. The van der Waals surface area contributed by atoms with Crippen molar-refractivity contribution in [1.29, 1.82) is 0 Å². The first-order valence-electron chi connectivity index (χ1n) is 5.68. The highest BCUT2D eigenvalue weighted by Gasteiger charge is 2.24. The highest BCUT2D eigenvalue weighted by molar-refractivity contribution is 5.92. The van der Waals surface area contributed by atoms with Gasteiger partial charge in [-0.3, -0.25) is 4.57 Å². The molecule has 0 fully saturated rings. The van der Waals surface area contributed by atoms with E-state index in [0.29, 0.717) is 17.0 Å². The standard InChI is InChI=1S/C13H19NO4/c1-8-7-10(11(15)17-6)9(2)14(8)12(16)18-13(3,4)5/h7H,1-6H3. The van der Waals surface area contributed by atoms with Gasteiger partial charge in [0.1, 0.15) is 5.60 Å². The van der Waals surface area contributed by atoms with Crippen LogP contribution in [0.15, 0.2) is 6.07 Å². The molecule has 0 N–H and O–H groups in total. The first-order valence-corrected chi connectivity index (χ1v) is 5.68. The van der Waals surface area contributed by atoms with Gasteiger partial charge in [0.15, 0.2) is 0 Å². The largest absolute Gasteiger partial charge is 0.465 e. The molecule has 0 amide bonds. The lowest BCUT2D eigenvalue weighted by molar-refractivity contribution is 0.0531. The van der Waals surface area contributed by atoms with Crippen LogP contribution >= 0.6 is 0 Å². The molecule has 1 aromatic heterocycles. The number of nitrogens with zero attached hydrogens (tertiary/aromatic N) is 1. The highest BCUT2D eigenvalue weighted by atomic mass is 16.6. The fourth-order valence-electron chi connectivity index (χ4n) is 1.67. The van der Waals surface area contributed by atoms with Crippen molar-refractivity contribution < 1.29 is 19.1 Å². The van der Waals surface area contributed by atoms with Gasteiger partial charge in [-0.15, -0.1) is 0 Å². The van der Waals surface area contributed by atoms with Crippen molar-refractivity contribution in [2.45, 2.75) is 40.2 Å². The number of hydrogen-bond acceptors (Lipinski definition) is 4. The minimum atomic E-state index is -0.578. The Morgan fingerprint density at radius 3 is 2.22 bits per heavy atom. The van der Waals surface area contributed by atoms with E-state index in [2.05, 4.69) is 4.74 Å². The van der Waals surface area contributed by atoms with Crippen molar-refractivity contribution in [2.24, 2.45) is 0 Å². The first kappa shape index (κ1) is 14.3. The predicted octanol–water partition coefficient (Wildman–Crippen LogP) is 2.67. The van der Waals surface area contributed by atoms with Crippen LogP contribution in [0.4, 0.5) is 4.79 Å². The van der Waals surface area contributed by atoms with Crippen LogP contribution in [-0.2, 0) is 9.47 Å². The number of hydrogen-bond donors (Lipinski definition) is 0. The molecule has 5 heteroatoms. The van der Waals surface area contributed by atoms with Crippen LogP contribution < -0.4 is 0 Å². The summed E-state index contributed by atoms with van der Waals surface area (Å²) in [5.41, 5.74) is 0.961. The number of methoxy groups -OCH3 is 1. The van der Waals surface area contributed by atoms with Gasteiger partial charge >= 0.3 is 12.1 Å². The number of rotatable bonds is 1. The molecule has 1 rings (SSSR count). The first-order chi connectivity index (χ1) is 8.17. The summed E-state index contributed by atoms with van der Waals surface area (Å²) in [5, 5.41) is 0. The molecule has 0 saturated carbocycles. The SMILES string of the molecule is COC(=O)c1cc(C)n(C(=O)OC(C)(C)C)c1C. The molecule has 100 valence electrons. The van der Waals surface area contributed by atoms with Crippen LogP contribution in [0.5, 0.6) is 0 Å². The molecule has 0 aliphatic heterocycles. The zero-order valence-corrected chi connectivity index (χ0v) is 11.7. The molecule has 0 saturated heterocycles. The van der Waals surface area contributed by atoms with E-state index in [1.165, 1.54) is 11.7 Å². The van der Waals surface area contributed by atoms with Gasteiger partial charge in [-0.1, -0.05) is 0 Å². The fraction of sp³-hybridized carbons (Fsp3) is 0.538. The average molecular weight is 253 g/mol. The number of esters is 1. The molecule has 1 aromatic rings. The van der Waals surface area contributed by atoms with Gasteiger partial charge in [0, 0.05) is 11.4 Å². The van der Waals surface area contributed by atoms with E-state index in [0.717, 1.165) is 0 Å². The van der Waals surface area contributed by atoms with E-state index in [9.17, 15) is 9.59 Å². The third kappa shape index (κ3) is 2.91. The Hall–Kier alpha value is -1.78. The third-order valence-electron chi connectivity index (χ3n) is 2.41. The molecule has 0 unspecified atom stereocenters. The van der Waals surface area contributed by atoms with Gasteiger partial charge in [0.2, 0.25) is 0 Å². The summed E-state index contributed by atoms with van der Waals surface area (Å²) in [7, 11) is 1.31. The van der Waals surface area contributed by atoms with Gasteiger partial charge < -0.3 is 9.47 Å². The molecule has 0 aliphatic carbocycles. The van der Waals surface area contributed by atoms with Gasteiger partial charge in [-0.05, 0) is 40.7 Å². The molecule has 0 spiro atoms. The van der Waals surface area contributed by atoms with Gasteiger partial charge in [0.25, 0.3) is 0 Å². The molecule has 1 heterocycles. The van der Waals surface area contributed by atoms with Crippen molar-refractivity contribution in [3.63, 3.8) is 0 Å². The third-order valence-corrected chi connectivity index (χ3v) is 2.41. The van der Waals surface area contributed by atoms with Crippen LogP contribution in [0.1, 0.15) is 42.5 Å². The Balaban J connectivity index is 3.15. The quantitative estimate of drug-likeness (QED) is 0.722. The van der Waals surface area contributed by atoms with E-state index in [4.69, 9.17) is 4.74 Å². The molecular formula is C13H19NO4. The highest BCUT2D eigenvalue weighted by Crippen LogP contribution is 2.18. The molecule has 5 nitrogen and oxygen atoms in total. The Bertz CT molecular complexity index is 480. The minimum absolute atomic E-state index is 0.376. The molecule has 0 aromatic carbocycles. The predicted molar refractivity (Wildman–Crippen MR) is 66.9 cm³/mol. The molecule has 0 aliphatic rings. The fourth-order valence-corrected chi connectivity index (χ4v) is 1.67. The lowest BCUT2D eigenvalue weighted by Gasteiger charge is -2.20. The summed E-state index contributed by atoms with van der Waals surface area (Å²) in [4.78, 5) is 23.5. The van der Waals surface area contributed by atoms with Crippen LogP contribution in [0.2, 0.25) is 0 Å². The van der Waals surface area contributed by atoms with Crippen LogP contribution in [-0.4, -0.2) is 29.3 Å². The summed E-state index contributed by atoms with van der Waals surface area (Å²) in [6.45, 7) is 8.80. The molecule has 0 atom stereocenters. The van der Waals surface area contributed by atoms with Crippen molar-refractivity contribution in [3.8, 4) is 0 Å². The summed E-state index contributed by atoms with van der Waals surface area (Å²) < 4.78 is 11.3. The molecule has 0 bridgehead atoms. The zero-order valence-electron chi connectivity index (χ0n) is 11.7. The lowest BCUT2D eigenvalue weighted by Crippen LogP contribution is -2.28. The average Bonchev–Trinajstić information content (AvgIpc) is 2.50. The van der Waals surface area contributed by atoms with Crippen molar-refractivity contribution >= 4 is 12.1 Å². The number of ether oxygens (including phenoxy) is 2. The molecular weight excluding hydrogens is 234 g/mol. The maximum Gasteiger partial charge on any atom is 0.418 e. The maximum absolute atomic E-state index is 12.0. The Labute approximate surface area is 107 Å². The lowest BCUT2D eigenvalue weighted by atomic mass is 10.2. The zero-order chi connectivity index (χ0) is 14.1. The van der Waals surface area contributed by atoms with Crippen LogP contribution in [0, 0.1) is 13.8 Å². The molecule has 0 radical (unpaired) electrons. The maximum atomic E-state index is 12.0. The Kier molecular flexibility index (Phi) is 3.84. The second-order valence-corrected chi connectivity index (χ2v) is 5.09. The van der Waals surface area contributed by atoms with E-state index < -0.39 is 17.7 Å². The number of carbonyl (C=O) groups excluding carboxylic acids is 2. The number of aromatic nitrogens is 1. The van der Waals surface area contributed by atoms with E-state index in [-0.39, 0.29) is 0 Å². The Morgan fingerprint density at radius 2 is 1.78 bits per heavy atom. The van der Waals surface area contributed by atoms with Gasteiger partial charge in [-0.25, -0.2) is 9.59 Å². The van der Waals surface area contributed by atoms with Crippen LogP contribution in [0.3, 0.4) is 0 Å². The van der Waals surface area contributed by atoms with E-state index >= 15 is 0 Å². The van der Waals surface area contributed by atoms with Gasteiger partial charge in [-0.2, -0.15) is 0 Å². The number of aryl methyl sites for hydroxylation is 1. The van der Waals surface area contributed by atoms with Crippen LogP contribution in [0.25, 0.3) is 0 Å². The second-order valence-electron chi connectivity index (χ2n) is 5.09.